The first kappa shape index (κ1) is 16.3. The lowest BCUT2D eigenvalue weighted by Crippen LogP contribution is -2.56. The van der Waals surface area contributed by atoms with E-state index in [2.05, 4.69) is 25.4 Å². The Bertz CT molecular complexity index is 474. The molecule has 3 N–H and O–H groups in total. The van der Waals surface area contributed by atoms with Crippen LogP contribution < -0.4 is 16.0 Å². The van der Waals surface area contributed by atoms with Crippen LogP contribution in [0.25, 0.3) is 0 Å². The summed E-state index contributed by atoms with van der Waals surface area (Å²) >= 11 is 0. The Morgan fingerprint density at radius 3 is 2.00 bits per heavy atom. The predicted molar refractivity (Wildman–Crippen MR) is 73.2 cm³/mol. The van der Waals surface area contributed by atoms with Crippen molar-refractivity contribution < 1.29 is 23.9 Å². The second-order valence-corrected chi connectivity index (χ2v) is 3.91. The summed E-state index contributed by atoms with van der Waals surface area (Å²) in [4.78, 5) is 34.3. The molecule has 3 amide bonds. The highest BCUT2D eigenvalue weighted by atomic mass is 16.5. The molecule has 1 aromatic rings. The second-order valence-electron chi connectivity index (χ2n) is 3.91. The van der Waals surface area contributed by atoms with Crippen molar-refractivity contribution in [1.82, 2.24) is 16.0 Å². The summed E-state index contributed by atoms with van der Waals surface area (Å²) in [6, 6.07) is 9.18. The average Bonchev–Trinajstić information content (AvgIpc) is 2.52. The highest BCUT2D eigenvalue weighted by Gasteiger charge is 2.23. The molecule has 0 aliphatic rings. The van der Waals surface area contributed by atoms with Crippen molar-refractivity contribution in [2.45, 2.75) is 12.7 Å². The number of methoxy groups -OCH3 is 2. The van der Waals surface area contributed by atoms with Crippen LogP contribution in [-0.4, -0.2) is 38.5 Å². The third-order valence-electron chi connectivity index (χ3n) is 2.47. The Labute approximate surface area is 121 Å². The lowest BCUT2D eigenvalue weighted by Gasteiger charge is -2.18. The molecule has 21 heavy (non-hydrogen) atoms. The number of amides is 3. The number of ether oxygens (including phenoxy) is 2. The van der Waals surface area contributed by atoms with Crippen molar-refractivity contribution in [3.63, 3.8) is 0 Å². The van der Waals surface area contributed by atoms with Crippen molar-refractivity contribution >= 4 is 18.1 Å². The summed E-state index contributed by atoms with van der Waals surface area (Å²) in [5.74, 6) is -0.602. The maximum absolute atomic E-state index is 12.0. The minimum absolute atomic E-state index is 0.252. The van der Waals surface area contributed by atoms with E-state index in [1.165, 1.54) is 0 Å². The van der Waals surface area contributed by atoms with Crippen molar-refractivity contribution in [2.75, 3.05) is 14.2 Å². The average molecular weight is 295 g/mol. The molecule has 0 radical (unpaired) electrons. The zero-order chi connectivity index (χ0) is 15.7. The maximum atomic E-state index is 12.0. The number of alkyl carbamates (subject to hydrolysis) is 2. The van der Waals surface area contributed by atoms with Gasteiger partial charge in [-0.05, 0) is 5.56 Å². The van der Waals surface area contributed by atoms with Gasteiger partial charge in [0.15, 0.2) is 6.17 Å². The lowest BCUT2D eigenvalue weighted by atomic mass is 10.2. The minimum Gasteiger partial charge on any atom is -0.453 e. The largest absolute Gasteiger partial charge is 0.453 e. The summed E-state index contributed by atoms with van der Waals surface area (Å²) in [6.45, 7) is 0.252. The highest BCUT2D eigenvalue weighted by Crippen LogP contribution is 1.97. The van der Waals surface area contributed by atoms with Crippen LogP contribution in [0, 0.1) is 0 Å². The van der Waals surface area contributed by atoms with Crippen LogP contribution in [0.15, 0.2) is 30.3 Å². The number of hydrogen-bond acceptors (Lipinski definition) is 5. The fourth-order valence-electron chi connectivity index (χ4n) is 1.41. The topological polar surface area (TPSA) is 106 Å². The minimum atomic E-state index is -1.30. The predicted octanol–water partition coefficient (Wildman–Crippen LogP) is 0.341. The molecule has 0 unspecified atom stereocenters. The summed E-state index contributed by atoms with van der Waals surface area (Å²) in [6.07, 6.45) is -3.01. The first-order chi connectivity index (χ1) is 10.1. The molecule has 0 fully saturated rings. The normalized spacial score (nSPS) is 9.67. The smallest absolute Gasteiger partial charge is 0.408 e. The Kier molecular flexibility index (Phi) is 6.52. The van der Waals surface area contributed by atoms with E-state index in [9.17, 15) is 14.4 Å². The van der Waals surface area contributed by atoms with E-state index >= 15 is 0 Å². The van der Waals surface area contributed by atoms with Gasteiger partial charge in [-0.1, -0.05) is 30.3 Å². The highest BCUT2D eigenvalue weighted by molar-refractivity contribution is 5.88. The van der Waals surface area contributed by atoms with E-state index in [1.54, 1.807) is 0 Å². The van der Waals surface area contributed by atoms with Crippen LogP contribution in [-0.2, 0) is 20.8 Å². The van der Waals surface area contributed by atoms with E-state index < -0.39 is 24.3 Å². The molecular weight excluding hydrogens is 278 g/mol. The van der Waals surface area contributed by atoms with Gasteiger partial charge < -0.3 is 14.8 Å². The summed E-state index contributed by atoms with van der Waals surface area (Å²) in [5, 5.41) is 6.94. The Hall–Kier alpha value is -2.77. The molecule has 0 aliphatic heterocycles. The summed E-state index contributed by atoms with van der Waals surface area (Å²) < 4.78 is 8.77. The van der Waals surface area contributed by atoms with Gasteiger partial charge in [0.2, 0.25) is 0 Å². The quantitative estimate of drug-likeness (QED) is 0.679. The number of nitrogens with one attached hydrogen (secondary N) is 3. The van der Waals surface area contributed by atoms with Gasteiger partial charge in [0.25, 0.3) is 5.91 Å². The SMILES string of the molecule is COC(=O)NC(NC(=O)OC)C(=O)NCc1ccccc1. The third kappa shape index (κ3) is 5.81. The molecule has 0 saturated heterocycles. The zero-order valence-electron chi connectivity index (χ0n) is 11.7. The fourth-order valence-corrected chi connectivity index (χ4v) is 1.41. The van der Waals surface area contributed by atoms with Crippen LogP contribution in [0.5, 0.6) is 0 Å². The molecule has 8 heteroatoms. The number of rotatable bonds is 5. The summed E-state index contributed by atoms with van der Waals surface area (Å²) in [7, 11) is 2.29. The molecule has 0 saturated carbocycles. The second kappa shape index (κ2) is 8.41. The molecule has 0 heterocycles. The fraction of sp³-hybridized carbons (Fsp3) is 0.308. The molecule has 1 aromatic carbocycles. The van der Waals surface area contributed by atoms with Gasteiger partial charge in [-0.2, -0.15) is 0 Å². The van der Waals surface area contributed by atoms with Crippen molar-refractivity contribution in [1.29, 1.82) is 0 Å². The summed E-state index contributed by atoms with van der Waals surface area (Å²) in [5.41, 5.74) is 0.876. The van der Waals surface area contributed by atoms with Gasteiger partial charge >= 0.3 is 12.2 Å². The number of benzene rings is 1. The number of carbonyl (C=O) groups is 3. The first-order valence-corrected chi connectivity index (χ1v) is 6.07. The molecule has 0 aromatic heterocycles. The first-order valence-electron chi connectivity index (χ1n) is 6.07. The van der Waals surface area contributed by atoms with E-state index in [1.807, 2.05) is 30.3 Å². The number of carbonyl (C=O) groups excluding carboxylic acids is 3. The van der Waals surface area contributed by atoms with Crippen molar-refractivity contribution in [3.05, 3.63) is 35.9 Å². The molecule has 1 rings (SSSR count). The van der Waals surface area contributed by atoms with E-state index in [-0.39, 0.29) is 6.54 Å². The molecule has 0 bridgehead atoms. The molecule has 8 nitrogen and oxygen atoms in total. The van der Waals surface area contributed by atoms with Gasteiger partial charge in [0.1, 0.15) is 0 Å². The zero-order valence-corrected chi connectivity index (χ0v) is 11.7. The van der Waals surface area contributed by atoms with Crippen LogP contribution in [0.4, 0.5) is 9.59 Å². The molecule has 0 aliphatic carbocycles. The van der Waals surface area contributed by atoms with Crippen molar-refractivity contribution in [3.8, 4) is 0 Å². The van der Waals surface area contributed by atoms with Crippen LogP contribution in [0.1, 0.15) is 5.56 Å². The molecular formula is C13H17N3O5. The van der Waals surface area contributed by atoms with Crippen LogP contribution >= 0.6 is 0 Å². The Balaban J connectivity index is 2.61. The van der Waals surface area contributed by atoms with E-state index in [0.29, 0.717) is 0 Å². The number of hydrogen-bond donors (Lipinski definition) is 3. The van der Waals surface area contributed by atoms with Crippen molar-refractivity contribution in [2.24, 2.45) is 0 Å². The standard InChI is InChI=1S/C13H17N3O5/c1-20-12(18)15-10(16-13(19)21-2)11(17)14-8-9-6-4-3-5-7-9/h3-7,10H,8H2,1-2H3,(H,14,17)(H,15,18)(H,16,19). The molecule has 0 spiro atoms. The van der Waals surface area contributed by atoms with Gasteiger partial charge in [-0.3, -0.25) is 15.4 Å². The molecule has 0 atom stereocenters. The van der Waals surface area contributed by atoms with Gasteiger partial charge in [-0.15, -0.1) is 0 Å². The van der Waals surface area contributed by atoms with Crippen LogP contribution in [0.3, 0.4) is 0 Å². The van der Waals surface area contributed by atoms with Gasteiger partial charge in [0, 0.05) is 6.54 Å². The maximum Gasteiger partial charge on any atom is 0.408 e. The lowest BCUT2D eigenvalue weighted by molar-refractivity contribution is -0.123. The Morgan fingerprint density at radius 1 is 1.00 bits per heavy atom. The third-order valence-corrected chi connectivity index (χ3v) is 2.47. The monoisotopic (exact) mass is 295 g/mol. The van der Waals surface area contributed by atoms with Gasteiger partial charge in [0.05, 0.1) is 14.2 Å². The van der Waals surface area contributed by atoms with Crippen LogP contribution in [0.2, 0.25) is 0 Å². The van der Waals surface area contributed by atoms with Gasteiger partial charge in [-0.25, -0.2) is 9.59 Å². The Morgan fingerprint density at radius 2 is 1.52 bits per heavy atom. The van der Waals surface area contributed by atoms with E-state index in [0.717, 1.165) is 19.8 Å². The van der Waals surface area contributed by atoms with E-state index in [4.69, 9.17) is 0 Å². The molecule has 114 valence electrons.